The van der Waals surface area contributed by atoms with Gasteiger partial charge in [0.1, 0.15) is 0 Å². The van der Waals surface area contributed by atoms with E-state index in [1.54, 1.807) is 12.1 Å². The van der Waals surface area contributed by atoms with Crippen molar-refractivity contribution in [1.82, 2.24) is 20.1 Å². The first-order valence-corrected chi connectivity index (χ1v) is 11.6. The molecule has 1 aromatic heterocycles. The summed E-state index contributed by atoms with van der Waals surface area (Å²) in [6.45, 7) is 10.4. The molecule has 8 heteroatoms. The fraction of sp³-hybridized carbons (Fsp3) is 0.333. The van der Waals surface area contributed by atoms with Gasteiger partial charge in [-0.15, -0.1) is 10.2 Å². The number of aryl methyl sites for hydroxylation is 3. The van der Waals surface area contributed by atoms with Crippen molar-refractivity contribution >= 4 is 29.3 Å². The predicted molar refractivity (Wildman–Crippen MR) is 128 cm³/mol. The molecule has 7 nitrogen and oxygen atoms in total. The number of carbonyl (C=O) groups is 2. The summed E-state index contributed by atoms with van der Waals surface area (Å²) in [5, 5.41) is 15.1. The van der Waals surface area contributed by atoms with Gasteiger partial charge in [-0.25, -0.2) is 0 Å². The number of hydrogen-bond acceptors (Lipinski definition) is 5. The molecule has 3 rings (SSSR count). The van der Waals surface area contributed by atoms with Crippen LogP contribution in [0.25, 0.3) is 0 Å². The third kappa shape index (κ3) is 5.76. The van der Waals surface area contributed by atoms with Crippen molar-refractivity contribution < 1.29 is 9.59 Å². The molecule has 0 saturated heterocycles. The van der Waals surface area contributed by atoms with Gasteiger partial charge in [0.25, 0.3) is 5.91 Å². The first-order chi connectivity index (χ1) is 15.3. The highest BCUT2D eigenvalue weighted by Crippen LogP contribution is 2.22. The van der Waals surface area contributed by atoms with E-state index >= 15 is 0 Å². The van der Waals surface area contributed by atoms with Crippen molar-refractivity contribution in [3.05, 3.63) is 70.5 Å². The van der Waals surface area contributed by atoms with Crippen LogP contribution in [0.1, 0.15) is 52.8 Å². The average Bonchev–Trinajstić information content (AvgIpc) is 3.18. The molecule has 0 aliphatic heterocycles. The normalized spacial score (nSPS) is 11.8. The van der Waals surface area contributed by atoms with E-state index in [0.717, 1.165) is 22.4 Å². The van der Waals surface area contributed by atoms with Crippen molar-refractivity contribution in [3.63, 3.8) is 0 Å². The Balaban J connectivity index is 1.63. The number of aromatic nitrogens is 3. The van der Waals surface area contributed by atoms with E-state index in [9.17, 15) is 9.59 Å². The molecule has 1 heterocycles. The number of rotatable bonds is 8. The quantitative estimate of drug-likeness (QED) is 0.494. The minimum Gasteiger partial charge on any atom is -0.342 e. The highest BCUT2D eigenvalue weighted by Gasteiger charge is 2.20. The smallest absolute Gasteiger partial charge is 0.251 e. The van der Waals surface area contributed by atoms with Crippen LogP contribution in [0.15, 0.2) is 47.6 Å². The van der Waals surface area contributed by atoms with Crippen LogP contribution in [0.4, 0.5) is 5.69 Å². The molecule has 168 valence electrons. The Kier molecular flexibility index (Phi) is 7.69. The lowest BCUT2D eigenvalue weighted by molar-refractivity contribution is -0.113. The SMILES string of the molecule is CCn1c(SCC(=O)Nc2cc(C)ccc2C)nnc1[C@@H](C)NC(=O)c1ccc(C)cc1. The van der Waals surface area contributed by atoms with Gasteiger partial charge in [0, 0.05) is 17.8 Å². The van der Waals surface area contributed by atoms with Gasteiger partial charge < -0.3 is 15.2 Å². The van der Waals surface area contributed by atoms with Gasteiger partial charge in [0.05, 0.1) is 11.8 Å². The molecule has 0 saturated carbocycles. The van der Waals surface area contributed by atoms with Crippen molar-refractivity contribution in [2.24, 2.45) is 0 Å². The van der Waals surface area contributed by atoms with Gasteiger partial charge in [0.2, 0.25) is 5.91 Å². The van der Waals surface area contributed by atoms with Crippen molar-refractivity contribution in [1.29, 1.82) is 0 Å². The highest BCUT2D eigenvalue weighted by atomic mass is 32.2. The zero-order chi connectivity index (χ0) is 23.3. The first kappa shape index (κ1) is 23.5. The number of amides is 2. The summed E-state index contributed by atoms with van der Waals surface area (Å²) in [7, 11) is 0. The van der Waals surface area contributed by atoms with Gasteiger partial charge in [-0.3, -0.25) is 9.59 Å². The van der Waals surface area contributed by atoms with Crippen molar-refractivity contribution in [2.45, 2.75) is 52.4 Å². The zero-order valence-electron chi connectivity index (χ0n) is 19.1. The summed E-state index contributed by atoms with van der Waals surface area (Å²) in [6.07, 6.45) is 0. The average molecular weight is 452 g/mol. The van der Waals surface area contributed by atoms with Crippen LogP contribution in [0.5, 0.6) is 0 Å². The van der Waals surface area contributed by atoms with Crippen LogP contribution < -0.4 is 10.6 Å². The monoisotopic (exact) mass is 451 g/mol. The molecule has 0 fully saturated rings. The molecule has 32 heavy (non-hydrogen) atoms. The Bertz CT molecular complexity index is 1110. The molecule has 0 aliphatic carbocycles. The number of thioether (sulfide) groups is 1. The Labute approximate surface area is 193 Å². The lowest BCUT2D eigenvalue weighted by Crippen LogP contribution is -2.28. The van der Waals surface area contributed by atoms with Gasteiger partial charge in [0.15, 0.2) is 11.0 Å². The molecular formula is C24H29N5O2S. The van der Waals surface area contributed by atoms with E-state index in [0.29, 0.717) is 23.1 Å². The van der Waals surface area contributed by atoms with E-state index in [4.69, 9.17) is 0 Å². The number of carbonyl (C=O) groups excluding carboxylic acids is 2. The molecule has 1 atom stereocenters. The minimum atomic E-state index is -0.325. The number of hydrogen-bond donors (Lipinski definition) is 2. The van der Waals surface area contributed by atoms with Crippen LogP contribution in [0.3, 0.4) is 0 Å². The summed E-state index contributed by atoms with van der Waals surface area (Å²) in [5.41, 5.74) is 4.63. The van der Waals surface area contributed by atoms with E-state index in [1.807, 2.05) is 69.5 Å². The summed E-state index contributed by atoms with van der Waals surface area (Å²) in [4.78, 5) is 25.0. The van der Waals surface area contributed by atoms with Gasteiger partial charge in [-0.1, -0.05) is 41.6 Å². The van der Waals surface area contributed by atoms with Crippen molar-refractivity contribution in [2.75, 3.05) is 11.1 Å². The van der Waals surface area contributed by atoms with E-state index < -0.39 is 0 Å². The Morgan fingerprint density at radius 2 is 1.72 bits per heavy atom. The maximum absolute atomic E-state index is 12.6. The second-order valence-electron chi connectivity index (χ2n) is 7.80. The highest BCUT2D eigenvalue weighted by molar-refractivity contribution is 7.99. The number of anilines is 1. The fourth-order valence-corrected chi connectivity index (χ4v) is 4.07. The molecule has 2 aromatic carbocycles. The summed E-state index contributed by atoms with van der Waals surface area (Å²) < 4.78 is 1.93. The van der Waals surface area contributed by atoms with Crippen LogP contribution in [0, 0.1) is 20.8 Å². The van der Waals surface area contributed by atoms with E-state index in [1.165, 1.54) is 11.8 Å². The van der Waals surface area contributed by atoms with E-state index in [2.05, 4.69) is 20.8 Å². The standard InChI is InChI=1S/C24H29N5O2S/c1-6-29-22(18(5)25-23(31)19-11-8-15(2)9-12-19)27-28-24(29)32-14-21(30)26-20-13-16(3)7-10-17(20)4/h7-13,18H,6,14H2,1-5H3,(H,25,31)(H,26,30)/t18-/m1/s1. The van der Waals surface area contributed by atoms with Gasteiger partial charge >= 0.3 is 0 Å². The number of nitrogens with zero attached hydrogens (tertiary/aromatic N) is 3. The summed E-state index contributed by atoms with van der Waals surface area (Å²) in [6, 6.07) is 13.1. The van der Waals surface area contributed by atoms with Crippen LogP contribution >= 0.6 is 11.8 Å². The van der Waals surface area contributed by atoms with E-state index in [-0.39, 0.29) is 23.6 Å². The van der Waals surface area contributed by atoms with Crippen LogP contribution in [-0.2, 0) is 11.3 Å². The maximum atomic E-state index is 12.6. The topological polar surface area (TPSA) is 88.9 Å². The molecular weight excluding hydrogens is 422 g/mol. The largest absolute Gasteiger partial charge is 0.342 e. The second-order valence-corrected chi connectivity index (χ2v) is 8.74. The lowest BCUT2D eigenvalue weighted by atomic mass is 10.1. The zero-order valence-corrected chi connectivity index (χ0v) is 19.9. The van der Waals surface area contributed by atoms with Crippen LogP contribution in [-0.4, -0.2) is 32.3 Å². The third-order valence-electron chi connectivity index (χ3n) is 5.11. The fourth-order valence-electron chi connectivity index (χ4n) is 3.26. The Morgan fingerprint density at radius 1 is 1.03 bits per heavy atom. The molecule has 0 unspecified atom stereocenters. The van der Waals surface area contributed by atoms with Gasteiger partial charge in [-0.2, -0.15) is 0 Å². The molecule has 2 amide bonds. The third-order valence-corrected chi connectivity index (χ3v) is 6.08. The lowest BCUT2D eigenvalue weighted by Gasteiger charge is -2.15. The molecule has 0 bridgehead atoms. The molecule has 2 N–H and O–H groups in total. The predicted octanol–water partition coefficient (Wildman–Crippen LogP) is 4.45. The summed E-state index contributed by atoms with van der Waals surface area (Å²) in [5.74, 6) is 0.614. The molecule has 0 spiro atoms. The maximum Gasteiger partial charge on any atom is 0.251 e. The summed E-state index contributed by atoms with van der Waals surface area (Å²) >= 11 is 1.33. The molecule has 0 aliphatic rings. The number of benzene rings is 2. The Hall–Kier alpha value is -3.13. The minimum absolute atomic E-state index is 0.100. The molecule has 3 aromatic rings. The van der Waals surface area contributed by atoms with Gasteiger partial charge in [-0.05, 0) is 63.9 Å². The van der Waals surface area contributed by atoms with Crippen molar-refractivity contribution in [3.8, 4) is 0 Å². The first-order valence-electron chi connectivity index (χ1n) is 10.6. The molecule has 0 radical (unpaired) electrons. The Morgan fingerprint density at radius 3 is 2.41 bits per heavy atom. The second kappa shape index (κ2) is 10.5. The number of nitrogens with one attached hydrogen (secondary N) is 2. The van der Waals surface area contributed by atoms with Crippen LogP contribution in [0.2, 0.25) is 0 Å².